The summed E-state index contributed by atoms with van der Waals surface area (Å²) in [5, 5.41) is 3.00. The third-order valence-corrected chi connectivity index (χ3v) is 5.23. The fraction of sp³-hybridized carbons (Fsp3) is 0.684. The molecule has 0 saturated carbocycles. The zero-order valence-electron chi connectivity index (χ0n) is 15.3. The van der Waals surface area contributed by atoms with E-state index in [2.05, 4.69) is 17.1 Å². The zero-order valence-corrected chi connectivity index (χ0v) is 15.3. The van der Waals surface area contributed by atoms with Gasteiger partial charge in [0.2, 0.25) is 5.91 Å². The molecule has 0 unspecified atom stereocenters. The average Bonchev–Trinajstić information content (AvgIpc) is 3.29. The van der Waals surface area contributed by atoms with Gasteiger partial charge in [-0.25, -0.2) is 0 Å². The third kappa shape index (κ3) is 4.42. The molecule has 1 aromatic heterocycles. The van der Waals surface area contributed by atoms with Crippen LogP contribution in [0.1, 0.15) is 55.8 Å². The van der Waals surface area contributed by atoms with E-state index in [1.807, 2.05) is 11.0 Å². The maximum atomic E-state index is 12.8. The predicted octanol–water partition coefficient (Wildman–Crippen LogP) is 2.25. The van der Waals surface area contributed by atoms with Gasteiger partial charge in [0, 0.05) is 20.0 Å². The molecule has 0 radical (unpaired) electrons. The lowest BCUT2D eigenvalue weighted by molar-refractivity contribution is -0.119. The molecule has 2 aliphatic rings. The summed E-state index contributed by atoms with van der Waals surface area (Å²) in [7, 11) is 0. The molecule has 0 bridgehead atoms. The highest BCUT2D eigenvalue weighted by atomic mass is 16.4. The van der Waals surface area contributed by atoms with Gasteiger partial charge in [-0.2, -0.15) is 0 Å². The fourth-order valence-electron chi connectivity index (χ4n) is 4.02. The van der Waals surface area contributed by atoms with Crippen molar-refractivity contribution in [2.24, 2.45) is 5.92 Å². The fourth-order valence-corrected chi connectivity index (χ4v) is 4.02. The quantitative estimate of drug-likeness (QED) is 0.857. The summed E-state index contributed by atoms with van der Waals surface area (Å²) in [6, 6.07) is 3.74. The number of amides is 2. The summed E-state index contributed by atoms with van der Waals surface area (Å²) < 4.78 is 5.81. The van der Waals surface area contributed by atoms with Gasteiger partial charge in [-0.15, -0.1) is 0 Å². The summed E-state index contributed by atoms with van der Waals surface area (Å²) in [5.41, 5.74) is 0. The normalized spacial score (nSPS) is 24.0. The first-order valence-corrected chi connectivity index (χ1v) is 9.44. The standard InChI is InChI=1S/C19H29N3O3/c1-3-6-15-11-22(13-17(15)20-14(2)23)19(24)18-8-7-16(25-18)12-21-9-4-5-10-21/h7-8,15,17H,3-6,9-13H2,1-2H3,(H,20,23)/t15-,17-/m0/s1. The molecule has 6 heteroatoms. The number of furan rings is 1. The van der Waals surface area contributed by atoms with E-state index >= 15 is 0 Å². The molecule has 138 valence electrons. The van der Waals surface area contributed by atoms with Crippen molar-refractivity contribution in [1.29, 1.82) is 0 Å². The summed E-state index contributed by atoms with van der Waals surface area (Å²) in [6.45, 7) is 7.89. The van der Waals surface area contributed by atoms with Crippen LogP contribution in [-0.2, 0) is 11.3 Å². The van der Waals surface area contributed by atoms with Gasteiger partial charge in [-0.1, -0.05) is 13.3 Å². The monoisotopic (exact) mass is 347 g/mol. The summed E-state index contributed by atoms with van der Waals surface area (Å²) in [6.07, 6.45) is 4.53. The van der Waals surface area contributed by atoms with Gasteiger partial charge in [-0.3, -0.25) is 14.5 Å². The first-order valence-electron chi connectivity index (χ1n) is 9.44. The van der Waals surface area contributed by atoms with Crippen LogP contribution in [0.15, 0.2) is 16.5 Å². The molecule has 3 rings (SSSR count). The van der Waals surface area contributed by atoms with Crippen LogP contribution < -0.4 is 5.32 Å². The van der Waals surface area contributed by atoms with Crippen molar-refractivity contribution < 1.29 is 14.0 Å². The highest BCUT2D eigenvalue weighted by Crippen LogP contribution is 2.24. The first kappa shape index (κ1) is 18.0. The van der Waals surface area contributed by atoms with Crippen molar-refractivity contribution >= 4 is 11.8 Å². The Bertz CT molecular complexity index is 607. The molecule has 0 aromatic carbocycles. The van der Waals surface area contributed by atoms with Crippen molar-refractivity contribution in [2.75, 3.05) is 26.2 Å². The molecule has 2 amide bonds. The number of hydrogen-bond donors (Lipinski definition) is 1. The summed E-state index contributed by atoms with van der Waals surface area (Å²) >= 11 is 0. The van der Waals surface area contributed by atoms with Crippen LogP contribution in [-0.4, -0.2) is 53.8 Å². The lowest BCUT2D eigenvalue weighted by Crippen LogP contribution is -2.39. The molecule has 1 N–H and O–H groups in total. The van der Waals surface area contributed by atoms with E-state index in [9.17, 15) is 9.59 Å². The van der Waals surface area contributed by atoms with Crippen molar-refractivity contribution in [1.82, 2.24) is 15.1 Å². The van der Waals surface area contributed by atoms with Crippen LogP contribution in [0, 0.1) is 5.92 Å². The Morgan fingerprint density at radius 2 is 2.00 bits per heavy atom. The summed E-state index contributed by atoms with van der Waals surface area (Å²) in [5.74, 6) is 1.48. The van der Waals surface area contributed by atoms with Gasteiger partial charge in [0.1, 0.15) is 5.76 Å². The molecular formula is C19H29N3O3. The minimum atomic E-state index is -0.0679. The highest BCUT2D eigenvalue weighted by molar-refractivity contribution is 5.91. The van der Waals surface area contributed by atoms with Gasteiger partial charge >= 0.3 is 0 Å². The highest BCUT2D eigenvalue weighted by Gasteiger charge is 2.36. The Kier molecular flexibility index (Phi) is 5.78. The van der Waals surface area contributed by atoms with Gasteiger partial charge in [0.25, 0.3) is 5.91 Å². The van der Waals surface area contributed by atoms with Gasteiger partial charge in [0.15, 0.2) is 5.76 Å². The number of nitrogens with zero attached hydrogens (tertiary/aromatic N) is 2. The third-order valence-electron chi connectivity index (χ3n) is 5.23. The summed E-state index contributed by atoms with van der Waals surface area (Å²) in [4.78, 5) is 28.4. The largest absolute Gasteiger partial charge is 0.455 e. The molecule has 2 atom stereocenters. The maximum absolute atomic E-state index is 12.8. The second-order valence-electron chi connectivity index (χ2n) is 7.32. The molecule has 3 heterocycles. The number of carbonyl (C=O) groups excluding carboxylic acids is 2. The van der Waals surface area contributed by atoms with Crippen LogP contribution in [0.4, 0.5) is 0 Å². The Morgan fingerprint density at radius 3 is 2.68 bits per heavy atom. The second kappa shape index (κ2) is 8.04. The van der Waals surface area contributed by atoms with Crippen molar-refractivity contribution in [3.05, 3.63) is 23.7 Å². The number of likely N-dealkylation sites (tertiary alicyclic amines) is 2. The van der Waals surface area contributed by atoms with E-state index in [1.165, 1.54) is 19.8 Å². The Hall–Kier alpha value is -1.82. The Balaban J connectivity index is 1.62. The topological polar surface area (TPSA) is 65.8 Å². The molecule has 2 aliphatic heterocycles. The first-order chi connectivity index (χ1) is 12.1. The van der Waals surface area contributed by atoms with E-state index in [1.54, 1.807) is 6.07 Å². The van der Waals surface area contributed by atoms with E-state index in [0.717, 1.165) is 38.2 Å². The van der Waals surface area contributed by atoms with Gasteiger partial charge < -0.3 is 14.6 Å². The van der Waals surface area contributed by atoms with Crippen molar-refractivity contribution in [3.8, 4) is 0 Å². The molecule has 0 aliphatic carbocycles. The average molecular weight is 347 g/mol. The molecule has 2 fully saturated rings. The zero-order chi connectivity index (χ0) is 17.8. The molecule has 1 aromatic rings. The van der Waals surface area contributed by atoms with E-state index < -0.39 is 0 Å². The van der Waals surface area contributed by atoms with E-state index in [4.69, 9.17) is 4.42 Å². The predicted molar refractivity (Wildman–Crippen MR) is 95.1 cm³/mol. The minimum Gasteiger partial charge on any atom is -0.455 e. The van der Waals surface area contributed by atoms with Crippen LogP contribution in [0.25, 0.3) is 0 Å². The number of carbonyl (C=O) groups is 2. The van der Waals surface area contributed by atoms with Crippen LogP contribution in [0.5, 0.6) is 0 Å². The lowest BCUT2D eigenvalue weighted by Gasteiger charge is -2.17. The van der Waals surface area contributed by atoms with E-state index in [-0.39, 0.29) is 17.9 Å². The molecule has 6 nitrogen and oxygen atoms in total. The number of rotatable bonds is 6. The SMILES string of the molecule is CCC[C@H]1CN(C(=O)c2ccc(CN3CCCC3)o2)C[C@@H]1NC(C)=O. The lowest BCUT2D eigenvalue weighted by atomic mass is 9.98. The smallest absolute Gasteiger partial charge is 0.289 e. The molecular weight excluding hydrogens is 318 g/mol. The molecule has 0 spiro atoms. The van der Waals surface area contributed by atoms with Crippen molar-refractivity contribution in [2.45, 2.75) is 52.1 Å². The van der Waals surface area contributed by atoms with Crippen LogP contribution >= 0.6 is 0 Å². The Labute approximate surface area is 149 Å². The second-order valence-corrected chi connectivity index (χ2v) is 7.32. The van der Waals surface area contributed by atoms with Gasteiger partial charge in [-0.05, 0) is 50.4 Å². The molecule has 2 saturated heterocycles. The Morgan fingerprint density at radius 1 is 1.24 bits per heavy atom. The van der Waals surface area contributed by atoms with E-state index in [0.29, 0.717) is 24.8 Å². The van der Waals surface area contributed by atoms with Crippen molar-refractivity contribution in [3.63, 3.8) is 0 Å². The number of hydrogen-bond acceptors (Lipinski definition) is 4. The number of nitrogens with one attached hydrogen (secondary N) is 1. The minimum absolute atomic E-state index is 0.0358. The van der Waals surface area contributed by atoms with Crippen LogP contribution in [0.2, 0.25) is 0 Å². The molecule has 25 heavy (non-hydrogen) atoms. The maximum Gasteiger partial charge on any atom is 0.289 e. The van der Waals surface area contributed by atoms with Crippen LogP contribution in [0.3, 0.4) is 0 Å². The van der Waals surface area contributed by atoms with Gasteiger partial charge in [0.05, 0.1) is 12.6 Å².